The van der Waals surface area contributed by atoms with Crippen molar-refractivity contribution in [3.63, 3.8) is 0 Å². The normalized spacial score (nSPS) is 13.2. The van der Waals surface area contributed by atoms with E-state index in [9.17, 15) is 9.59 Å². The van der Waals surface area contributed by atoms with Gasteiger partial charge in [0, 0.05) is 11.6 Å². The average Bonchev–Trinajstić information content (AvgIpc) is 3.18. The van der Waals surface area contributed by atoms with Gasteiger partial charge < -0.3 is 28.4 Å². The van der Waals surface area contributed by atoms with Gasteiger partial charge in [-0.1, -0.05) is 18.2 Å². The number of allylic oxidation sites excluding steroid dienone is 1. The van der Waals surface area contributed by atoms with Crippen LogP contribution in [0.2, 0.25) is 0 Å². The summed E-state index contributed by atoms with van der Waals surface area (Å²) in [5, 5.41) is 0. The van der Waals surface area contributed by atoms with Gasteiger partial charge in [0.1, 0.15) is 17.2 Å². The third-order valence-electron chi connectivity index (χ3n) is 5.48. The molecule has 0 bridgehead atoms. The minimum Gasteiger partial charge on any atom is -0.496 e. The molecule has 3 aromatic rings. The van der Waals surface area contributed by atoms with Crippen molar-refractivity contribution in [2.45, 2.75) is 6.92 Å². The first-order valence-electron chi connectivity index (χ1n) is 10.6. The molecular formula is C27H24O8. The fraction of sp³-hybridized carbons (Fsp3) is 0.185. The van der Waals surface area contributed by atoms with E-state index < -0.39 is 5.97 Å². The summed E-state index contributed by atoms with van der Waals surface area (Å²) in [6, 6.07) is 13.4. The lowest BCUT2D eigenvalue weighted by Crippen LogP contribution is -2.10. The summed E-state index contributed by atoms with van der Waals surface area (Å²) in [6.45, 7) is 1.75. The highest BCUT2D eigenvalue weighted by molar-refractivity contribution is 6.15. The Morgan fingerprint density at radius 2 is 1.51 bits per heavy atom. The molecule has 0 aromatic heterocycles. The first-order valence-corrected chi connectivity index (χ1v) is 10.6. The van der Waals surface area contributed by atoms with Gasteiger partial charge in [-0.3, -0.25) is 4.79 Å². The molecular weight excluding hydrogens is 452 g/mol. The maximum absolute atomic E-state index is 13.0. The van der Waals surface area contributed by atoms with Crippen LogP contribution in [0.1, 0.15) is 31.8 Å². The summed E-state index contributed by atoms with van der Waals surface area (Å²) in [6.07, 6.45) is 1.63. The average molecular weight is 476 g/mol. The number of hydrogen-bond acceptors (Lipinski definition) is 8. The van der Waals surface area contributed by atoms with E-state index in [0.29, 0.717) is 45.4 Å². The summed E-state index contributed by atoms with van der Waals surface area (Å²) in [4.78, 5) is 25.9. The zero-order chi connectivity index (χ0) is 25.1. The van der Waals surface area contributed by atoms with Crippen molar-refractivity contribution in [3.8, 4) is 34.5 Å². The number of aryl methyl sites for hydroxylation is 1. The molecule has 4 rings (SSSR count). The standard InChI is InChI=1S/C27H24O8/c1-15-10-18(34-27(29)17-12-22(31-3)26(33-5)23(13-17)32-4)14-20-24(15)25(28)21(35-20)11-16-8-6-7-9-19(16)30-2/h6-14H,1-5H3/b21-11-. The molecule has 0 unspecified atom stereocenters. The molecule has 35 heavy (non-hydrogen) atoms. The van der Waals surface area contributed by atoms with E-state index in [2.05, 4.69) is 0 Å². The lowest BCUT2D eigenvalue weighted by atomic mass is 10.0. The monoisotopic (exact) mass is 476 g/mol. The van der Waals surface area contributed by atoms with E-state index in [1.165, 1.54) is 39.5 Å². The number of ether oxygens (including phenoxy) is 6. The van der Waals surface area contributed by atoms with Crippen molar-refractivity contribution in [3.05, 3.63) is 76.5 Å². The van der Waals surface area contributed by atoms with Crippen LogP contribution in [0.25, 0.3) is 6.08 Å². The Bertz CT molecular complexity index is 1310. The van der Waals surface area contributed by atoms with Crippen molar-refractivity contribution in [2.24, 2.45) is 0 Å². The molecule has 3 aromatic carbocycles. The number of fused-ring (bicyclic) bond motifs is 1. The zero-order valence-corrected chi connectivity index (χ0v) is 20.0. The Morgan fingerprint density at radius 3 is 2.14 bits per heavy atom. The molecule has 8 nitrogen and oxygen atoms in total. The third-order valence-corrected chi connectivity index (χ3v) is 5.48. The van der Waals surface area contributed by atoms with Crippen LogP contribution in [-0.4, -0.2) is 40.2 Å². The molecule has 0 N–H and O–H groups in total. The summed E-state index contributed by atoms with van der Waals surface area (Å²) >= 11 is 0. The largest absolute Gasteiger partial charge is 0.496 e. The predicted octanol–water partition coefficient (Wildman–Crippen LogP) is 4.86. The topological polar surface area (TPSA) is 89.5 Å². The summed E-state index contributed by atoms with van der Waals surface area (Å²) in [5.41, 5.74) is 1.94. The van der Waals surface area contributed by atoms with Crippen molar-refractivity contribution < 1.29 is 38.0 Å². The molecule has 0 saturated heterocycles. The fourth-order valence-electron chi connectivity index (χ4n) is 3.83. The van der Waals surface area contributed by atoms with Gasteiger partial charge >= 0.3 is 5.97 Å². The maximum atomic E-state index is 13.0. The van der Waals surface area contributed by atoms with Gasteiger partial charge in [0.15, 0.2) is 17.3 Å². The molecule has 0 fully saturated rings. The van der Waals surface area contributed by atoms with Crippen molar-refractivity contribution in [2.75, 3.05) is 28.4 Å². The van der Waals surface area contributed by atoms with Gasteiger partial charge in [-0.25, -0.2) is 4.79 Å². The molecule has 8 heteroatoms. The predicted molar refractivity (Wildman–Crippen MR) is 128 cm³/mol. The Hall–Kier alpha value is -4.46. The minimum absolute atomic E-state index is 0.153. The highest BCUT2D eigenvalue weighted by Gasteiger charge is 2.31. The number of carbonyl (C=O) groups is 2. The lowest BCUT2D eigenvalue weighted by Gasteiger charge is -2.14. The molecule has 0 amide bonds. The van der Waals surface area contributed by atoms with Crippen molar-refractivity contribution in [1.29, 1.82) is 0 Å². The Labute approximate surface area is 202 Å². The number of hydrogen-bond donors (Lipinski definition) is 0. The van der Waals surface area contributed by atoms with Gasteiger partial charge in [0.2, 0.25) is 11.5 Å². The first-order chi connectivity index (χ1) is 16.9. The fourth-order valence-corrected chi connectivity index (χ4v) is 3.83. The highest BCUT2D eigenvalue weighted by Crippen LogP contribution is 2.40. The molecule has 1 heterocycles. The molecule has 1 aliphatic rings. The summed E-state index contributed by atoms with van der Waals surface area (Å²) in [5.74, 6) is 1.41. The van der Waals surface area contributed by atoms with E-state index >= 15 is 0 Å². The number of para-hydroxylation sites is 1. The Balaban J connectivity index is 1.62. The first kappa shape index (κ1) is 23.7. The second kappa shape index (κ2) is 9.80. The lowest BCUT2D eigenvalue weighted by molar-refractivity contribution is 0.0733. The quantitative estimate of drug-likeness (QED) is 0.271. The van der Waals surface area contributed by atoms with Crippen LogP contribution in [-0.2, 0) is 0 Å². The van der Waals surface area contributed by atoms with E-state index in [0.717, 1.165) is 0 Å². The van der Waals surface area contributed by atoms with Crippen LogP contribution >= 0.6 is 0 Å². The molecule has 0 aliphatic carbocycles. The molecule has 0 radical (unpaired) electrons. The number of ketones is 1. The van der Waals surface area contributed by atoms with Crippen LogP contribution in [0, 0.1) is 6.92 Å². The van der Waals surface area contributed by atoms with Gasteiger partial charge in [-0.05, 0) is 42.8 Å². The Kier molecular flexibility index (Phi) is 6.64. The van der Waals surface area contributed by atoms with Gasteiger partial charge in [0.05, 0.1) is 39.6 Å². The molecule has 0 spiro atoms. The zero-order valence-electron chi connectivity index (χ0n) is 20.0. The second-order valence-electron chi connectivity index (χ2n) is 7.60. The molecule has 1 aliphatic heterocycles. The molecule has 180 valence electrons. The number of carbonyl (C=O) groups excluding carboxylic acids is 2. The smallest absolute Gasteiger partial charge is 0.343 e. The van der Waals surface area contributed by atoms with E-state index in [1.807, 2.05) is 18.2 Å². The van der Waals surface area contributed by atoms with Gasteiger partial charge in [0.25, 0.3) is 0 Å². The minimum atomic E-state index is -0.641. The number of rotatable bonds is 7. The van der Waals surface area contributed by atoms with Crippen LogP contribution in [0.5, 0.6) is 34.5 Å². The van der Waals surface area contributed by atoms with E-state index in [1.54, 1.807) is 32.2 Å². The summed E-state index contributed by atoms with van der Waals surface area (Å²) < 4.78 is 32.7. The highest BCUT2D eigenvalue weighted by atomic mass is 16.5. The number of esters is 1. The second-order valence-corrected chi connectivity index (χ2v) is 7.60. The number of Topliss-reactive ketones (excluding diaryl/α,β-unsaturated/α-hetero) is 1. The molecule has 0 atom stereocenters. The van der Waals surface area contributed by atoms with Crippen LogP contribution < -0.4 is 28.4 Å². The third kappa shape index (κ3) is 4.50. The SMILES string of the molecule is COc1ccccc1/C=C1\Oc2cc(OC(=O)c3cc(OC)c(OC)c(OC)c3)cc(C)c2C1=O. The van der Waals surface area contributed by atoms with E-state index in [-0.39, 0.29) is 22.9 Å². The van der Waals surface area contributed by atoms with E-state index in [4.69, 9.17) is 28.4 Å². The van der Waals surface area contributed by atoms with Gasteiger partial charge in [-0.15, -0.1) is 0 Å². The van der Waals surface area contributed by atoms with Crippen molar-refractivity contribution in [1.82, 2.24) is 0 Å². The van der Waals surface area contributed by atoms with Gasteiger partial charge in [-0.2, -0.15) is 0 Å². The van der Waals surface area contributed by atoms with Crippen LogP contribution in [0.4, 0.5) is 0 Å². The maximum Gasteiger partial charge on any atom is 0.343 e. The number of benzene rings is 3. The molecule has 0 saturated carbocycles. The van der Waals surface area contributed by atoms with Crippen LogP contribution in [0.3, 0.4) is 0 Å². The Morgan fingerprint density at radius 1 is 0.857 bits per heavy atom. The van der Waals surface area contributed by atoms with Crippen molar-refractivity contribution >= 4 is 17.8 Å². The number of methoxy groups -OCH3 is 4. The summed E-state index contributed by atoms with van der Waals surface area (Å²) in [7, 11) is 5.95. The van der Waals surface area contributed by atoms with Crippen LogP contribution in [0.15, 0.2) is 54.3 Å².